The molecule has 3 N–H and O–H groups in total. The Balaban J connectivity index is 2.86. The Labute approximate surface area is 86.5 Å². The molecule has 82 valence electrons. The molecule has 0 aromatic heterocycles. The van der Waals surface area contributed by atoms with Gasteiger partial charge in [-0.25, -0.2) is 0 Å². The lowest BCUT2D eigenvalue weighted by molar-refractivity contribution is -0.136. The molecule has 1 unspecified atom stereocenters. The van der Waals surface area contributed by atoms with Gasteiger partial charge < -0.3 is 14.9 Å². The van der Waals surface area contributed by atoms with Gasteiger partial charge in [0.2, 0.25) is 0 Å². The fourth-order valence-corrected chi connectivity index (χ4v) is 1.92. The number of hydrogen-bond donors (Lipinski definition) is 3. The van der Waals surface area contributed by atoms with Crippen molar-refractivity contribution in [3.8, 4) is 0 Å². The first-order valence-corrected chi connectivity index (χ1v) is 5.91. The first-order chi connectivity index (χ1) is 6.91. The predicted octanol–water partition coefficient (Wildman–Crippen LogP) is 0.860. The lowest BCUT2D eigenvalue weighted by Gasteiger charge is -2.13. The molecule has 0 fully saturated rings. The van der Waals surface area contributed by atoms with Crippen molar-refractivity contribution < 1.29 is 24.3 Å². The molecule has 1 aromatic carbocycles. The van der Waals surface area contributed by atoms with E-state index in [1.54, 1.807) is 30.3 Å². The Kier molecular flexibility index (Phi) is 3.63. The van der Waals surface area contributed by atoms with Crippen LogP contribution in [0.1, 0.15) is 5.56 Å². The van der Waals surface area contributed by atoms with Crippen LogP contribution in [0.4, 0.5) is 0 Å². The molecule has 0 spiro atoms. The summed E-state index contributed by atoms with van der Waals surface area (Å²) in [5.74, 6) is -1.48. The van der Waals surface area contributed by atoms with E-state index >= 15 is 0 Å². The van der Waals surface area contributed by atoms with Gasteiger partial charge in [0, 0.05) is 0 Å². The summed E-state index contributed by atoms with van der Waals surface area (Å²) in [6.07, 6.45) is -0.166. The number of benzene rings is 1. The lowest BCUT2D eigenvalue weighted by atomic mass is 10.1. The van der Waals surface area contributed by atoms with Crippen molar-refractivity contribution in [2.45, 2.75) is 12.1 Å². The van der Waals surface area contributed by atoms with E-state index in [0.29, 0.717) is 5.56 Å². The zero-order valence-electron chi connectivity index (χ0n) is 7.78. The van der Waals surface area contributed by atoms with Crippen LogP contribution in [-0.4, -0.2) is 26.5 Å². The summed E-state index contributed by atoms with van der Waals surface area (Å²) >= 11 is 0. The topological polar surface area (TPSA) is 94.8 Å². The lowest BCUT2D eigenvalue weighted by Crippen LogP contribution is -2.22. The summed E-state index contributed by atoms with van der Waals surface area (Å²) in [4.78, 5) is 28.3. The fourth-order valence-electron chi connectivity index (χ4n) is 1.19. The summed E-state index contributed by atoms with van der Waals surface area (Å²) in [6.45, 7) is 0. The van der Waals surface area contributed by atoms with Gasteiger partial charge in [0.05, 0.1) is 0 Å². The normalized spacial score (nSPS) is 13.5. The largest absolute Gasteiger partial charge is 0.481 e. The van der Waals surface area contributed by atoms with Gasteiger partial charge in [-0.3, -0.25) is 9.36 Å². The highest BCUT2D eigenvalue weighted by molar-refractivity contribution is 7.53. The van der Waals surface area contributed by atoms with Crippen molar-refractivity contribution in [1.82, 2.24) is 0 Å². The summed E-state index contributed by atoms with van der Waals surface area (Å²) in [5, 5.41) is 8.68. The molecule has 0 heterocycles. The zero-order chi connectivity index (χ0) is 11.5. The van der Waals surface area contributed by atoms with Crippen molar-refractivity contribution in [3.05, 3.63) is 35.9 Å². The van der Waals surface area contributed by atoms with Crippen molar-refractivity contribution >= 4 is 13.6 Å². The van der Waals surface area contributed by atoms with Crippen LogP contribution in [0.25, 0.3) is 0 Å². The third-order valence-electron chi connectivity index (χ3n) is 1.96. The molecule has 0 saturated heterocycles. The number of aliphatic carboxylic acids is 1. The van der Waals surface area contributed by atoms with Gasteiger partial charge in [0.25, 0.3) is 0 Å². The molecule has 1 atom stereocenters. The highest BCUT2D eigenvalue weighted by Gasteiger charge is 2.35. The number of carboxylic acid groups (broad SMARTS) is 1. The third kappa shape index (κ3) is 3.47. The minimum absolute atomic E-state index is 0.166. The smallest absolute Gasteiger partial charge is 0.340 e. The average Bonchev–Trinajstić information content (AvgIpc) is 2.13. The van der Waals surface area contributed by atoms with Gasteiger partial charge in [0.15, 0.2) is 5.66 Å². The summed E-state index contributed by atoms with van der Waals surface area (Å²) < 4.78 is 10.9. The van der Waals surface area contributed by atoms with Gasteiger partial charge in [-0.15, -0.1) is 0 Å². The van der Waals surface area contributed by atoms with Gasteiger partial charge in [-0.2, -0.15) is 0 Å². The summed E-state index contributed by atoms with van der Waals surface area (Å²) in [7, 11) is -4.60. The van der Waals surface area contributed by atoms with Crippen LogP contribution in [0, 0.1) is 0 Å². The van der Waals surface area contributed by atoms with E-state index in [9.17, 15) is 9.36 Å². The predicted molar refractivity (Wildman–Crippen MR) is 53.6 cm³/mol. The number of carbonyl (C=O) groups is 1. The van der Waals surface area contributed by atoms with Gasteiger partial charge in [-0.05, 0) is 12.0 Å². The molecule has 1 aromatic rings. The minimum atomic E-state index is -4.60. The van der Waals surface area contributed by atoms with E-state index in [1.807, 2.05) is 0 Å². The molecule has 5 nitrogen and oxygen atoms in total. The highest BCUT2D eigenvalue weighted by atomic mass is 31.2. The van der Waals surface area contributed by atoms with E-state index in [4.69, 9.17) is 14.9 Å². The van der Waals surface area contributed by atoms with E-state index in [0.717, 1.165) is 0 Å². The molecule has 0 aliphatic heterocycles. The second kappa shape index (κ2) is 4.57. The maximum Gasteiger partial charge on any atom is 0.340 e. The Bertz CT molecular complexity index is 383. The van der Waals surface area contributed by atoms with E-state index in [2.05, 4.69) is 0 Å². The molecule has 1 rings (SSSR count). The molecule has 0 radical (unpaired) electrons. The maximum atomic E-state index is 10.9. The number of hydrogen-bond acceptors (Lipinski definition) is 2. The van der Waals surface area contributed by atoms with Crippen LogP contribution in [0.3, 0.4) is 0 Å². The van der Waals surface area contributed by atoms with Crippen molar-refractivity contribution in [3.63, 3.8) is 0 Å². The Hall–Kier alpha value is -1.16. The molecular weight excluding hydrogens is 219 g/mol. The van der Waals surface area contributed by atoms with E-state index in [-0.39, 0.29) is 6.42 Å². The van der Waals surface area contributed by atoms with Crippen LogP contribution in [0.5, 0.6) is 0 Å². The van der Waals surface area contributed by atoms with Gasteiger partial charge >= 0.3 is 13.6 Å². The van der Waals surface area contributed by atoms with Crippen molar-refractivity contribution in [2.24, 2.45) is 0 Å². The van der Waals surface area contributed by atoms with Gasteiger partial charge in [0.1, 0.15) is 0 Å². The Morgan fingerprint density at radius 1 is 1.27 bits per heavy atom. The molecule has 0 amide bonds. The van der Waals surface area contributed by atoms with Crippen LogP contribution in [0.15, 0.2) is 30.3 Å². The molecular formula is C9H11O5P. The molecule has 0 bridgehead atoms. The second-order valence-corrected chi connectivity index (χ2v) is 4.93. The van der Waals surface area contributed by atoms with Crippen molar-refractivity contribution in [1.29, 1.82) is 0 Å². The standard InChI is InChI=1S/C9H11O5P/c10-9(11)8(15(12,13)14)6-7-4-2-1-3-5-7/h1-5,8H,6H2,(H,10,11)(H2,12,13,14). The molecule has 0 aliphatic carbocycles. The Morgan fingerprint density at radius 2 is 1.80 bits per heavy atom. The fraction of sp³-hybridized carbons (Fsp3) is 0.222. The van der Waals surface area contributed by atoms with Gasteiger partial charge in [-0.1, -0.05) is 30.3 Å². The summed E-state index contributed by atoms with van der Waals surface area (Å²) in [6, 6.07) is 8.38. The molecule has 0 aliphatic rings. The van der Waals surface area contributed by atoms with E-state index < -0.39 is 19.2 Å². The number of carboxylic acids is 1. The highest BCUT2D eigenvalue weighted by Crippen LogP contribution is 2.42. The minimum Gasteiger partial charge on any atom is -0.481 e. The van der Waals surface area contributed by atoms with E-state index in [1.165, 1.54) is 0 Å². The second-order valence-electron chi connectivity index (χ2n) is 3.13. The SMILES string of the molecule is O=C(O)C(Cc1ccccc1)P(=O)(O)O. The van der Waals surface area contributed by atoms with Crippen molar-refractivity contribution in [2.75, 3.05) is 0 Å². The number of rotatable bonds is 4. The first kappa shape index (κ1) is 11.9. The first-order valence-electron chi connectivity index (χ1n) is 4.23. The summed E-state index contributed by atoms with van der Waals surface area (Å²) in [5.41, 5.74) is -1.08. The maximum absolute atomic E-state index is 10.9. The third-order valence-corrected chi connectivity index (χ3v) is 3.18. The zero-order valence-corrected chi connectivity index (χ0v) is 8.67. The average molecular weight is 230 g/mol. The Morgan fingerprint density at radius 3 is 2.20 bits per heavy atom. The van der Waals surface area contributed by atoms with Crippen LogP contribution >= 0.6 is 7.60 Å². The van der Waals surface area contributed by atoms with Crippen LogP contribution in [-0.2, 0) is 15.8 Å². The molecule has 0 saturated carbocycles. The molecule has 6 heteroatoms. The van der Waals surface area contributed by atoms with Crippen LogP contribution in [0.2, 0.25) is 0 Å². The molecule has 15 heavy (non-hydrogen) atoms. The quantitative estimate of drug-likeness (QED) is 0.667. The van der Waals surface area contributed by atoms with Crippen LogP contribution < -0.4 is 0 Å². The monoisotopic (exact) mass is 230 g/mol.